The van der Waals surface area contributed by atoms with Crippen LogP contribution in [0.15, 0.2) is 18.5 Å². The average Bonchev–Trinajstić information content (AvgIpc) is 2.96. The summed E-state index contributed by atoms with van der Waals surface area (Å²) >= 11 is 0. The van der Waals surface area contributed by atoms with E-state index in [4.69, 9.17) is 0 Å². The van der Waals surface area contributed by atoms with Gasteiger partial charge in [0.25, 0.3) is 0 Å². The Hall–Kier alpha value is -2.11. The molecule has 6 nitrogen and oxygen atoms in total. The predicted octanol–water partition coefficient (Wildman–Crippen LogP) is 1.02. The molecule has 94 valence electrons. The quantitative estimate of drug-likeness (QED) is 0.856. The minimum Gasteiger partial charge on any atom is -0.480 e. The fourth-order valence-electron chi connectivity index (χ4n) is 2.60. The molecule has 6 heteroatoms. The highest BCUT2D eigenvalue weighted by Gasteiger charge is 2.31. The molecule has 3 rings (SSSR count). The van der Waals surface area contributed by atoms with Gasteiger partial charge in [-0.3, -0.25) is 4.68 Å². The van der Waals surface area contributed by atoms with Gasteiger partial charge < -0.3 is 10.0 Å². The second kappa shape index (κ2) is 3.97. The topological polar surface area (TPSA) is 71.2 Å². The van der Waals surface area contributed by atoms with E-state index in [0.717, 1.165) is 29.7 Å². The monoisotopic (exact) mass is 246 g/mol. The third kappa shape index (κ3) is 1.53. The Kier molecular flexibility index (Phi) is 2.43. The van der Waals surface area contributed by atoms with E-state index in [-0.39, 0.29) is 0 Å². The van der Waals surface area contributed by atoms with Crippen LogP contribution in [-0.2, 0) is 11.8 Å². The highest BCUT2D eigenvalue weighted by atomic mass is 16.4. The lowest BCUT2D eigenvalue weighted by atomic mass is 10.2. The minimum atomic E-state index is -0.763. The third-order valence-corrected chi connectivity index (χ3v) is 3.46. The Morgan fingerprint density at radius 3 is 3.17 bits per heavy atom. The van der Waals surface area contributed by atoms with Crippen molar-refractivity contribution in [1.29, 1.82) is 0 Å². The van der Waals surface area contributed by atoms with Gasteiger partial charge in [0.15, 0.2) is 5.65 Å². The minimum absolute atomic E-state index is 0.434. The molecule has 0 radical (unpaired) electrons. The van der Waals surface area contributed by atoms with Crippen LogP contribution < -0.4 is 4.90 Å². The lowest BCUT2D eigenvalue weighted by molar-refractivity contribution is -0.138. The van der Waals surface area contributed by atoms with Crippen LogP contribution in [0.2, 0.25) is 0 Å². The van der Waals surface area contributed by atoms with Gasteiger partial charge in [-0.2, -0.15) is 5.10 Å². The van der Waals surface area contributed by atoms with Crippen LogP contribution in [0.1, 0.15) is 12.8 Å². The maximum atomic E-state index is 11.2. The van der Waals surface area contributed by atoms with Gasteiger partial charge >= 0.3 is 5.97 Å². The van der Waals surface area contributed by atoms with Crippen molar-refractivity contribution in [3.63, 3.8) is 0 Å². The molecule has 1 atom stereocenters. The first kappa shape index (κ1) is 11.0. The summed E-state index contributed by atoms with van der Waals surface area (Å²) in [6.45, 7) is 0.769. The molecule has 1 aliphatic heterocycles. The molecule has 1 aliphatic rings. The zero-order chi connectivity index (χ0) is 12.7. The molecule has 1 N–H and O–H groups in total. The number of anilines is 1. The number of carboxylic acids is 1. The predicted molar refractivity (Wildman–Crippen MR) is 66.5 cm³/mol. The zero-order valence-corrected chi connectivity index (χ0v) is 10.1. The van der Waals surface area contributed by atoms with E-state index in [9.17, 15) is 9.90 Å². The summed E-state index contributed by atoms with van der Waals surface area (Å²) < 4.78 is 1.70. The number of aryl methyl sites for hydroxylation is 1. The third-order valence-electron chi connectivity index (χ3n) is 3.46. The molecule has 18 heavy (non-hydrogen) atoms. The van der Waals surface area contributed by atoms with Crippen LogP contribution in [0.5, 0.6) is 0 Å². The number of aromatic nitrogens is 3. The summed E-state index contributed by atoms with van der Waals surface area (Å²) in [6.07, 6.45) is 5.05. The van der Waals surface area contributed by atoms with E-state index >= 15 is 0 Å². The van der Waals surface area contributed by atoms with Crippen LogP contribution in [0, 0.1) is 0 Å². The van der Waals surface area contributed by atoms with Gasteiger partial charge in [-0.1, -0.05) is 0 Å². The van der Waals surface area contributed by atoms with Crippen LogP contribution in [0.25, 0.3) is 11.0 Å². The van der Waals surface area contributed by atoms with E-state index in [0.29, 0.717) is 6.42 Å². The summed E-state index contributed by atoms with van der Waals surface area (Å²) in [5.74, 6) is -0.763. The van der Waals surface area contributed by atoms with E-state index in [1.165, 1.54) is 0 Å². The first-order valence-corrected chi connectivity index (χ1v) is 5.94. The number of hydrogen-bond acceptors (Lipinski definition) is 4. The number of fused-ring (bicyclic) bond motifs is 1. The van der Waals surface area contributed by atoms with Gasteiger partial charge in [0.05, 0.1) is 17.3 Å². The number of carbonyl (C=O) groups is 1. The molecule has 0 saturated carbocycles. The molecule has 2 aromatic heterocycles. The lowest BCUT2D eigenvalue weighted by Gasteiger charge is -2.24. The summed E-state index contributed by atoms with van der Waals surface area (Å²) in [5.41, 5.74) is 1.70. The Morgan fingerprint density at radius 1 is 1.56 bits per heavy atom. The summed E-state index contributed by atoms with van der Waals surface area (Å²) in [6, 6.07) is 1.43. The number of pyridine rings is 1. The number of hydrogen-bond donors (Lipinski definition) is 1. The summed E-state index contributed by atoms with van der Waals surface area (Å²) in [5, 5.41) is 14.3. The van der Waals surface area contributed by atoms with Crippen LogP contribution in [-0.4, -0.2) is 38.4 Å². The maximum Gasteiger partial charge on any atom is 0.326 e. The first-order chi connectivity index (χ1) is 8.68. The highest BCUT2D eigenvalue weighted by Crippen LogP contribution is 2.31. The fraction of sp³-hybridized carbons (Fsp3) is 0.417. The van der Waals surface area contributed by atoms with E-state index in [1.807, 2.05) is 18.0 Å². The number of rotatable bonds is 2. The zero-order valence-electron chi connectivity index (χ0n) is 10.1. The molecule has 0 amide bonds. The highest BCUT2D eigenvalue weighted by molar-refractivity contribution is 5.92. The largest absolute Gasteiger partial charge is 0.480 e. The van der Waals surface area contributed by atoms with Crippen molar-refractivity contribution in [2.24, 2.45) is 7.05 Å². The molecule has 0 bridgehead atoms. The number of aliphatic carboxylic acids is 1. The van der Waals surface area contributed by atoms with Crippen molar-refractivity contribution >= 4 is 22.7 Å². The van der Waals surface area contributed by atoms with E-state index < -0.39 is 12.0 Å². The van der Waals surface area contributed by atoms with Crippen LogP contribution in [0.4, 0.5) is 5.69 Å². The normalized spacial score (nSPS) is 19.6. The van der Waals surface area contributed by atoms with Gasteiger partial charge in [0, 0.05) is 19.8 Å². The molecule has 0 aliphatic carbocycles. The molecule has 0 spiro atoms. The Morgan fingerprint density at radius 2 is 2.39 bits per heavy atom. The maximum absolute atomic E-state index is 11.2. The Labute approximate surface area is 104 Å². The molecular weight excluding hydrogens is 232 g/mol. The van der Waals surface area contributed by atoms with Crippen molar-refractivity contribution in [3.05, 3.63) is 18.5 Å². The number of carboxylic acid groups (broad SMARTS) is 1. The van der Waals surface area contributed by atoms with E-state index in [2.05, 4.69) is 10.1 Å². The van der Waals surface area contributed by atoms with Crippen LogP contribution in [0.3, 0.4) is 0 Å². The second-order valence-corrected chi connectivity index (χ2v) is 4.53. The van der Waals surface area contributed by atoms with Gasteiger partial charge in [-0.25, -0.2) is 9.78 Å². The van der Waals surface area contributed by atoms with Crippen molar-refractivity contribution < 1.29 is 9.90 Å². The van der Waals surface area contributed by atoms with Crippen molar-refractivity contribution in [3.8, 4) is 0 Å². The average molecular weight is 246 g/mol. The van der Waals surface area contributed by atoms with Crippen molar-refractivity contribution in [1.82, 2.24) is 14.8 Å². The first-order valence-electron chi connectivity index (χ1n) is 5.94. The SMILES string of the molecule is Cn1ncc2c(N3CCC[C@H]3C(=O)O)ccnc21. The molecule has 1 saturated heterocycles. The molecule has 1 fully saturated rings. The van der Waals surface area contributed by atoms with Gasteiger partial charge in [-0.05, 0) is 18.9 Å². The van der Waals surface area contributed by atoms with E-state index in [1.54, 1.807) is 17.1 Å². The fourth-order valence-corrected chi connectivity index (χ4v) is 2.60. The van der Waals surface area contributed by atoms with Gasteiger partial charge in [-0.15, -0.1) is 0 Å². The molecular formula is C12H14N4O2. The van der Waals surface area contributed by atoms with Crippen molar-refractivity contribution in [2.75, 3.05) is 11.4 Å². The lowest BCUT2D eigenvalue weighted by Crippen LogP contribution is -2.35. The van der Waals surface area contributed by atoms with Crippen molar-refractivity contribution in [2.45, 2.75) is 18.9 Å². The van der Waals surface area contributed by atoms with Gasteiger partial charge in [0.1, 0.15) is 6.04 Å². The molecule has 0 unspecified atom stereocenters. The second-order valence-electron chi connectivity index (χ2n) is 4.53. The van der Waals surface area contributed by atoms with Crippen LogP contribution >= 0.6 is 0 Å². The molecule has 3 heterocycles. The molecule has 2 aromatic rings. The Bertz CT molecular complexity index is 607. The standard InChI is InChI=1S/C12H14N4O2/c1-15-11-8(7-14-15)9(4-5-13-11)16-6-2-3-10(16)12(17)18/h4-5,7,10H,2-3,6H2,1H3,(H,17,18)/t10-/m0/s1. The molecule has 0 aromatic carbocycles. The summed E-state index contributed by atoms with van der Waals surface area (Å²) in [7, 11) is 1.83. The summed E-state index contributed by atoms with van der Waals surface area (Å²) in [4.78, 5) is 17.5. The smallest absolute Gasteiger partial charge is 0.326 e. The van der Waals surface area contributed by atoms with Gasteiger partial charge in [0.2, 0.25) is 0 Å². The number of nitrogens with zero attached hydrogens (tertiary/aromatic N) is 4. The Balaban J connectivity index is 2.11.